The van der Waals surface area contributed by atoms with E-state index >= 15 is 0 Å². The quantitative estimate of drug-likeness (QED) is 0.300. The minimum atomic E-state index is -4.25. The number of nitrogens with zero attached hydrogens (tertiary/aromatic N) is 1. The number of alkyl halides is 4. The van der Waals surface area contributed by atoms with Crippen molar-refractivity contribution in [3.8, 4) is 0 Å². The van der Waals surface area contributed by atoms with Gasteiger partial charge in [0.25, 0.3) is 0 Å². The van der Waals surface area contributed by atoms with Crippen LogP contribution < -0.4 is 4.90 Å². The molecule has 0 aliphatic heterocycles. The molecular weight excluding hydrogens is 377 g/mol. The van der Waals surface area contributed by atoms with Gasteiger partial charge in [0.15, 0.2) is 5.90 Å². The summed E-state index contributed by atoms with van der Waals surface area (Å²) in [6.45, 7) is 3.58. The number of rotatable bonds is 10. The van der Waals surface area contributed by atoms with E-state index in [0.29, 0.717) is 43.5 Å². The number of aryl methyl sites for hydroxylation is 1. The van der Waals surface area contributed by atoms with Gasteiger partial charge in [-0.05, 0) is 68.7 Å². The monoisotopic (exact) mass is 404 g/mol. The van der Waals surface area contributed by atoms with Crippen molar-refractivity contribution in [2.24, 2.45) is 5.92 Å². The molecule has 27 heavy (non-hydrogen) atoms. The maximum absolute atomic E-state index is 13.1. The third-order valence-corrected chi connectivity index (χ3v) is 5.06. The molecule has 1 aliphatic rings. The minimum absolute atomic E-state index is 0.146. The van der Waals surface area contributed by atoms with E-state index in [1.165, 1.54) is 4.90 Å². The molecule has 3 nitrogen and oxygen atoms in total. The zero-order valence-corrected chi connectivity index (χ0v) is 16.7. The molecular formula is C20H28ClF3N2O. The number of nitrogens with one attached hydrogen (secondary N) is 1. The van der Waals surface area contributed by atoms with E-state index < -0.39 is 12.7 Å². The van der Waals surface area contributed by atoms with Gasteiger partial charge < -0.3 is 9.64 Å². The summed E-state index contributed by atoms with van der Waals surface area (Å²) in [4.78, 5) is 1.42. The van der Waals surface area contributed by atoms with Gasteiger partial charge in [0.1, 0.15) is 6.54 Å². The summed E-state index contributed by atoms with van der Waals surface area (Å²) in [5.41, 5.74) is 2.35. The summed E-state index contributed by atoms with van der Waals surface area (Å²) in [7, 11) is 0. The fraction of sp³-hybridized carbons (Fsp3) is 0.650. The normalized spacial score (nSPS) is 15.5. The average molecular weight is 405 g/mol. The highest BCUT2D eigenvalue weighted by Gasteiger charge is 2.34. The van der Waals surface area contributed by atoms with Crippen LogP contribution in [0.2, 0.25) is 0 Å². The highest BCUT2D eigenvalue weighted by Crippen LogP contribution is 2.35. The lowest BCUT2D eigenvalue weighted by atomic mass is 9.90. The molecule has 1 aromatic rings. The Morgan fingerprint density at radius 1 is 1.37 bits per heavy atom. The predicted octanol–water partition coefficient (Wildman–Crippen LogP) is 5.89. The minimum Gasteiger partial charge on any atom is -0.481 e. The lowest BCUT2D eigenvalue weighted by molar-refractivity contribution is -0.119. The van der Waals surface area contributed by atoms with Gasteiger partial charge in [0, 0.05) is 18.1 Å². The fourth-order valence-electron chi connectivity index (χ4n) is 3.25. The lowest BCUT2D eigenvalue weighted by Gasteiger charge is -2.28. The van der Waals surface area contributed by atoms with Crippen molar-refractivity contribution >= 4 is 23.2 Å². The number of hydrogen-bond acceptors (Lipinski definition) is 3. The van der Waals surface area contributed by atoms with Crippen LogP contribution in [0.25, 0.3) is 0 Å². The molecule has 0 bridgehead atoms. The first-order valence-electron chi connectivity index (χ1n) is 9.44. The van der Waals surface area contributed by atoms with Crippen LogP contribution in [0, 0.1) is 18.3 Å². The molecule has 0 radical (unpaired) electrons. The summed E-state index contributed by atoms with van der Waals surface area (Å²) in [5.74, 6) is 0.659. The SMILES string of the molecule is CCOC(=N)C(CCCCl)c1cc(N(CC2CC2)CC(F)(F)F)ccc1C. The van der Waals surface area contributed by atoms with Gasteiger partial charge >= 0.3 is 6.18 Å². The third-order valence-electron chi connectivity index (χ3n) is 4.79. The van der Waals surface area contributed by atoms with Crippen molar-refractivity contribution in [3.63, 3.8) is 0 Å². The van der Waals surface area contributed by atoms with Gasteiger partial charge in [-0.25, -0.2) is 0 Å². The third kappa shape index (κ3) is 6.91. The number of hydrogen-bond donors (Lipinski definition) is 1. The zero-order valence-electron chi connectivity index (χ0n) is 15.9. The second-order valence-electron chi connectivity index (χ2n) is 7.16. The molecule has 1 aromatic carbocycles. The Bertz CT molecular complexity index is 632. The molecule has 0 spiro atoms. The van der Waals surface area contributed by atoms with Crippen molar-refractivity contribution in [1.82, 2.24) is 0 Å². The number of anilines is 1. The van der Waals surface area contributed by atoms with E-state index in [0.717, 1.165) is 24.0 Å². The fourth-order valence-corrected chi connectivity index (χ4v) is 3.41. The molecule has 0 aromatic heterocycles. The topological polar surface area (TPSA) is 36.3 Å². The Morgan fingerprint density at radius 3 is 2.63 bits per heavy atom. The second-order valence-corrected chi connectivity index (χ2v) is 7.54. The maximum atomic E-state index is 13.1. The molecule has 7 heteroatoms. The largest absolute Gasteiger partial charge is 0.481 e. The van der Waals surface area contributed by atoms with E-state index in [1.54, 1.807) is 12.1 Å². The van der Waals surface area contributed by atoms with Gasteiger partial charge in [0.2, 0.25) is 0 Å². The van der Waals surface area contributed by atoms with Crippen molar-refractivity contribution in [3.05, 3.63) is 29.3 Å². The first-order chi connectivity index (χ1) is 12.7. The van der Waals surface area contributed by atoms with Gasteiger partial charge in [-0.3, -0.25) is 5.41 Å². The van der Waals surface area contributed by atoms with E-state index in [9.17, 15) is 13.2 Å². The van der Waals surface area contributed by atoms with E-state index in [2.05, 4.69) is 0 Å². The number of ether oxygens (including phenoxy) is 1. The molecule has 1 aliphatic carbocycles. The van der Waals surface area contributed by atoms with Crippen LogP contribution in [-0.4, -0.2) is 37.7 Å². The standard InChI is InChI=1S/C20H28ClF3N2O/c1-3-27-19(25)17(5-4-10-21)18-11-16(9-6-14(18)2)26(12-15-7-8-15)13-20(22,23)24/h6,9,11,15,17,25H,3-5,7-8,10,12-13H2,1-2H3. The molecule has 0 saturated heterocycles. The Labute approximate surface area is 164 Å². The molecule has 1 unspecified atom stereocenters. The van der Waals surface area contributed by atoms with Crippen LogP contribution in [0.4, 0.5) is 18.9 Å². The lowest BCUT2D eigenvalue weighted by Crippen LogP contribution is -2.36. The molecule has 0 amide bonds. The molecule has 1 atom stereocenters. The number of benzene rings is 1. The van der Waals surface area contributed by atoms with Crippen molar-refractivity contribution < 1.29 is 17.9 Å². The van der Waals surface area contributed by atoms with Gasteiger partial charge in [-0.1, -0.05) is 6.07 Å². The Hall–Kier alpha value is -1.43. The van der Waals surface area contributed by atoms with Crippen LogP contribution in [-0.2, 0) is 4.74 Å². The maximum Gasteiger partial charge on any atom is 0.405 e. The zero-order chi connectivity index (χ0) is 20.0. The van der Waals surface area contributed by atoms with Crippen molar-refractivity contribution in [2.75, 3.05) is 30.5 Å². The smallest absolute Gasteiger partial charge is 0.405 e. The highest BCUT2D eigenvalue weighted by molar-refractivity contribution is 6.17. The van der Waals surface area contributed by atoms with Crippen molar-refractivity contribution in [2.45, 2.75) is 51.6 Å². The Balaban J connectivity index is 2.33. The van der Waals surface area contributed by atoms with Crippen molar-refractivity contribution in [1.29, 1.82) is 5.41 Å². The first kappa shape index (κ1) is 21.9. The van der Waals surface area contributed by atoms with Gasteiger partial charge in [-0.2, -0.15) is 13.2 Å². The summed E-state index contributed by atoms with van der Waals surface area (Å²) >= 11 is 5.83. The van der Waals surface area contributed by atoms with Gasteiger partial charge in [0.05, 0.1) is 12.5 Å². The van der Waals surface area contributed by atoms with Crippen LogP contribution in [0.15, 0.2) is 18.2 Å². The Kier molecular flexibility index (Phi) is 7.83. The van der Waals surface area contributed by atoms with Crippen LogP contribution in [0.3, 0.4) is 0 Å². The molecule has 1 N–H and O–H groups in total. The van der Waals surface area contributed by atoms with Gasteiger partial charge in [-0.15, -0.1) is 11.6 Å². The Morgan fingerprint density at radius 2 is 2.07 bits per heavy atom. The molecule has 2 rings (SSSR count). The van der Waals surface area contributed by atoms with E-state index in [-0.39, 0.29) is 11.8 Å². The van der Waals surface area contributed by atoms with E-state index in [4.69, 9.17) is 21.7 Å². The first-order valence-corrected chi connectivity index (χ1v) is 9.98. The van der Waals surface area contributed by atoms with E-state index in [1.807, 2.05) is 19.9 Å². The van der Waals surface area contributed by atoms with Crippen LogP contribution >= 0.6 is 11.6 Å². The predicted molar refractivity (Wildman–Crippen MR) is 104 cm³/mol. The average Bonchev–Trinajstić information content (AvgIpc) is 3.39. The summed E-state index contributed by atoms with van der Waals surface area (Å²) in [6, 6.07) is 5.39. The molecule has 1 saturated carbocycles. The molecule has 1 fully saturated rings. The summed E-state index contributed by atoms with van der Waals surface area (Å²) in [6.07, 6.45) is -0.939. The molecule has 152 valence electrons. The summed E-state index contributed by atoms with van der Waals surface area (Å²) in [5, 5.41) is 8.24. The molecule has 0 heterocycles. The highest BCUT2D eigenvalue weighted by atomic mass is 35.5. The summed E-state index contributed by atoms with van der Waals surface area (Å²) < 4.78 is 44.7. The van der Waals surface area contributed by atoms with Crippen LogP contribution in [0.5, 0.6) is 0 Å². The second kappa shape index (κ2) is 9.67. The van der Waals surface area contributed by atoms with Crippen LogP contribution in [0.1, 0.15) is 49.7 Å². The number of halogens is 4.